The van der Waals surface area contributed by atoms with Gasteiger partial charge in [-0.05, 0) is 39.1 Å². The summed E-state index contributed by atoms with van der Waals surface area (Å²) in [6.45, 7) is 2.00. The van der Waals surface area contributed by atoms with Crippen LogP contribution in [0.5, 0.6) is 0 Å². The standard InChI is InChI=1S/C15H21ClN2O3S2/c1-17(2)7-10-11-8-18(9-15(11)6-5-12(10)21-15)23(19,20)14-4-3-13(16)22-14/h3-4,10-12H,5-9H2,1-2H3/t10-,11+,12+,15+/m0/s1. The molecule has 0 amide bonds. The Morgan fingerprint density at radius 1 is 1.48 bits per heavy atom. The maximum Gasteiger partial charge on any atom is 0.252 e. The second-order valence-corrected chi connectivity index (χ2v) is 11.0. The van der Waals surface area contributed by atoms with Crippen LogP contribution in [0.25, 0.3) is 0 Å². The number of rotatable bonds is 4. The average molecular weight is 377 g/mol. The number of ether oxygens (including phenoxy) is 1. The maximum atomic E-state index is 12.9. The van der Waals surface area contributed by atoms with Crippen molar-refractivity contribution in [1.82, 2.24) is 9.21 Å². The van der Waals surface area contributed by atoms with Gasteiger partial charge in [-0.15, -0.1) is 11.3 Å². The SMILES string of the molecule is CN(C)C[C@H]1[C@H]2CN(S(=O)(=O)c3ccc(Cl)s3)C[C@]23CC[C@H]1O3. The van der Waals surface area contributed by atoms with Crippen molar-refractivity contribution < 1.29 is 13.2 Å². The van der Waals surface area contributed by atoms with Crippen molar-refractivity contribution in [2.45, 2.75) is 28.8 Å². The average Bonchev–Trinajstić information content (AvgIpc) is 3.19. The summed E-state index contributed by atoms with van der Waals surface area (Å²) in [6.07, 6.45) is 2.32. The van der Waals surface area contributed by atoms with E-state index in [9.17, 15) is 8.42 Å². The molecule has 4 atom stereocenters. The largest absolute Gasteiger partial charge is 0.370 e. The summed E-state index contributed by atoms with van der Waals surface area (Å²) in [7, 11) is 0.663. The molecule has 1 spiro atoms. The fraction of sp³-hybridized carbons (Fsp3) is 0.733. The first-order valence-corrected chi connectivity index (χ1v) is 10.5. The zero-order chi connectivity index (χ0) is 16.4. The van der Waals surface area contributed by atoms with Gasteiger partial charge in [-0.2, -0.15) is 4.31 Å². The lowest BCUT2D eigenvalue weighted by Crippen LogP contribution is -2.40. The first-order valence-electron chi connectivity index (χ1n) is 7.90. The van der Waals surface area contributed by atoms with Crippen LogP contribution < -0.4 is 0 Å². The van der Waals surface area contributed by atoms with Crippen molar-refractivity contribution in [3.05, 3.63) is 16.5 Å². The summed E-state index contributed by atoms with van der Waals surface area (Å²) in [5.74, 6) is 0.722. The quantitative estimate of drug-likeness (QED) is 0.807. The highest BCUT2D eigenvalue weighted by Crippen LogP contribution is 2.55. The molecule has 3 aliphatic rings. The van der Waals surface area contributed by atoms with E-state index in [-0.39, 0.29) is 5.60 Å². The Kier molecular flexibility index (Phi) is 3.83. The molecule has 23 heavy (non-hydrogen) atoms. The van der Waals surface area contributed by atoms with Gasteiger partial charge < -0.3 is 9.64 Å². The Morgan fingerprint density at radius 2 is 2.26 bits per heavy atom. The van der Waals surface area contributed by atoms with E-state index in [0.717, 1.165) is 30.7 Å². The molecule has 0 aromatic carbocycles. The van der Waals surface area contributed by atoms with E-state index in [0.29, 0.717) is 39.6 Å². The first-order chi connectivity index (χ1) is 10.8. The number of sulfonamides is 1. The van der Waals surface area contributed by atoms with E-state index in [1.54, 1.807) is 16.4 Å². The molecule has 4 heterocycles. The molecule has 1 aromatic rings. The second kappa shape index (κ2) is 5.41. The van der Waals surface area contributed by atoms with Gasteiger partial charge in [0.1, 0.15) is 4.21 Å². The highest BCUT2D eigenvalue weighted by molar-refractivity contribution is 7.91. The number of thiophene rings is 1. The highest BCUT2D eigenvalue weighted by atomic mass is 35.5. The fourth-order valence-electron chi connectivity index (χ4n) is 4.56. The number of halogens is 1. The minimum atomic E-state index is -3.47. The number of nitrogens with zero attached hydrogens (tertiary/aromatic N) is 2. The fourth-order valence-corrected chi connectivity index (χ4v) is 7.72. The smallest absolute Gasteiger partial charge is 0.252 e. The maximum absolute atomic E-state index is 12.9. The Balaban J connectivity index is 1.61. The molecule has 3 saturated heterocycles. The van der Waals surface area contributed by atoms with Crippen LogP contribution in [0.15, 0.2) is 16.3 Å². The van der Waals surface area contributed by atoms with Gasteiger partial charge >= 0.3 is 0 Å². The van der Waals surface area contributed by atoms with Gasteiger partial charge in [-0.3, -0.25) is 0 Å². The van der Waals surface area contributed by atoms with Gasteiger partial charge in [0.15, 0.2) is 0 Å². The van der Waals surface area contributed by atoms with E-state index < -0.39 is 10.0 Å². The highest BCUT2D eigenvalue weighted by Gasteiger charge is 2.64. The predicted octanol–water partition coefficient (Wildman–Crippen LogP) is 2.13. The van der Waals surface area contributed by atoms with E-state index in [1.165, 1.54) is 0 Å². The number of hydrogen-bond acceptors (Lipinski definition) is 5. The predicted molar refractivity (Wildman–Crippen MR) is 90.5 cm³/mol. The van der Waals surface area contributed by atoms with Crippen LogP contribution in [0.4, 0.5) is 0 Å². The molecule has 3 fully saturated rings. The first kappa shape index (κ1) is 16.3. The monoisotopic (exact) mass is 376 g/mol. The molecule has 3 aliphatic heterocycles. The van der Waals surface area contributed by atoms with E-state index in [2.05, 4.69) is 19.0 Å². The topological polar surface area (TPSA) is 49.9 Å². The lowest BCUT2D eigenvalue weighted by Gasteiger charge is -2.31. The van der Waals surface area contributed by atoms with Gasteiger partial charge in [-0.1, -0.05) is 11.6 Å². The summed E-state index contributed by atoms with van der Waals surface area (Å²) >= 11 is 7.04. The van der Waals surface area contributed by atoms with Crippen LogP contribution in [0.2, 0.25) is 4.34 Å². The van der Waals surface area contributed by atoms with Crippen molar-refractivity contribution in [3.63, 3.8) is 0 Å². The molecule has 4 rings (SSSR count). The van der Waals surface area contributed by atoms with Crippen LogP contribution in [0, 0.1) is 11.8 Å². The summed E-state index contributed by atoms with van der Waals surface area (Å²) in [5.41, 5.74) is -0.264. The molecule has 0 saturated carbocycles. The van der Waals surface area contributed by atoms with Crippen LogP contribution >= 0.6 is 22.9 Å². The Bertz CT molecular complexity index is 720. The van der Waals surface area contributed by atoms with Gasteiger partial charge in [0.05, 0.1) is 16.0 Å². The Morgan fingerprint density at radius 3 is 2.91 bits per heavy atom. The van der Waals surface area contributed by atoms with Gasteiger partial charge in [-0.25, -0.2) is 8.42 Å². The van der Waals surface area contributed by atoms with Gasteiger partial charge in [0.25, 0.3) is 10.0 Å². The van der Waals surface area contributed by atoms with Crippen LogP contribution in [-0.2, 0) is 14.8 Å². The Labute approximate surface area is 146 Å². The normalized spacial score (nSPS) is 37.0. The van der Waals surface area contributed by atoms with Crippen molar-refractivity contribution in [2.24, 2.45) is 11.8 Å². The summed E-state index contributed by atoms with van der Waals surface area (Å²) in [4.78, 5) is 2.18. The molecule has 0 N–H and O–H groups in total. The van der Waals surface area contributed by atoms with Crippen molar-refractivity contribution in [1.29, 1.82) is 0 Å². The van der Waals surface area contributed by atoms with E-state index >= 15 is 0 Å². The Hall–Kier alpha value is -0.180. The van der Waals surface area contributed by atoms with E-state index in [1.807, 2.05) is 0 Å². The lowest BCUT2D eigenvalue weighted by atomic mass is 9.73. The molecular weight excluding hydrogens is 356 g/mol. The number of fused-ring (bicyclic) bond motifs is 1. The third kappa shape index (κ3) is 2.48. The zero-order valence-electron chi connectivity index (χ0n) is 13.2. The van der Waals surface area contributed by atoms with Crippen LogP contribution in [0.1, 0.15) is 12.8 Å². The third-order valence-corrected chi connectivity index (χ3v) is 8.98. The zero-order valence-corrected chi connectivity index (χ0v) is 15.6. The molecular formula is C15H21ClN2O3S2. The molecule has 5 nitrogen and oxygen atoms in total. The minimum Gasteiger partial charge on any atom is -0.370 e. The molecule has 1 aromatic heterocycles. The molecule has 128 valence electrons. The summed E-state index contributed by atoms with van der Waals surface area (Å²) < 4.78 is 34.5. The minimum absolute atomic E-state index is 0.264. The molecule has 8 heteroatoms. The van der Waals surface area contributed by atoms with Crippen LogP contribution in [0.3, 0.4) is 0 Å². The lowest BCUT2D eigenvalue weighted by molar-refractivity contribution is 0.00740. The third-order valence-electron chi connectivity index (χ3n) is 5.47. The van der Waals surface area contributed by atoms with Crippen molar-refractivity contribution in [2.75, 3.05) is 33.7 Å². The second-order valence-electron chi connectivity index (χ2n) is 7.15. The van der Waals surface area contributed by atoms with Gasteiger partial charge in [0, 0.05) is 31.5 Å². The van der Waals surface area contributed by atoms with Crippen molar-refractivity contribution >= 4 is 33.0 Å². The summed E-state index contributed by atoms with van der Waals surface area (Å²) in [5, 5.41) is 0. The molecule has 0 radical (unpaired) electrons. The molecule has 0 unspecified atom stereocenters. The van der Waals surface area contributed by atoms with Crippen LogP contribution in [-0.4, -0.2) is 63.1 Å². The van der Waals surface area contributed by atoms with Gasteiger partial charge in [0.2, 0.25) is 0 Å². The van der Waals surface area contributed by atoms with E-state index in [4.69, 9.17) is 16.3 Å². The number of hydrogen-bond donors (Lipinski definition) is 0. The van der Waals surface area contributed by atoms with Crippen molar-refractivity contribution in [3.8, 4) is 0 Å². The summed E-state index contributed by atoms with van der Waals surface area (Å²) in [6, 6.07) is 3.24. The molecule has 0 aliphatic carbocycles. The molecule has 2 bridgehead atoms.